The van der Waals surface area contributed by atoms with Gasteiger partial charge in [0, 0.05) is 17.3 Å². The summed E-state index contributed by atoms with van der Waals surface area (Å²) in [7, 11) is 0. The quantitative estimate of drug-likeness (QED) is 0.793. The fraction of sp³-hybridized carbons (Fsp3) is 0.235. The van der Waals surface area contributed by atoms with Crippen LogP contribution in [0.25, 0.3) is 0 Å². The molecule has 0 unspecified atom stereocenters. The third-order valence-electron chi connectivity index (χ3n) is 3.25. The van der Waals surface area contributed by atoms with E-state index in [0.29, 0.717) is 18.6 Å². The van der Waals surface area contributed by atoms with Gasteiger partial charge in [0.05, 0.1) is 0 Å². The first-order valence-corrected chi connectivity index (χ1v) is 7.25. The van der Waals surface area contributed by atoms with Gasteiger partial charge in [-0.05, 0) is 42.2 Å². The molecule has 0 amide bonds. The summed E-state index contributed by atoms with van der Waals surface area (Å²) in [4.78, 5) is 12.0. The van der Waals surface area contributed by atoms with E-state index < -0.39 is 0 Å². The lowest BCUT2D eigenvalue weighted by atomic mass is 10.00. The number of rotatable bonds is 5. The van der Waals surface area contributed by atoms with Gasteiger partial charge in [0.25, 0.3) is 0 Å². The van der Waals surface area contributed by atoms with E-state index >= 15 is 0 Å². The first kappa shape index (κ1) is 14.0. The van der Waals surface area contributed by atoms with Gasteiger partial charge in [0.15, 0.2) is 0 Å². The molecule has 0 saturated carbocycles. The lowest BCUT2D eigenvalue weighted by Crippen LogP contribution is -2.04. The summed E-state index contributed by atoms with van der Waals surface area (Å²) in [6.07, 6.45) is 1.97. The second-order valence-electron chi connectivity index (χ2n) is 4.77. The van der Waals surface area contributed by atoms with E-state index in [1.165, 1.54) is 11.1 Å². The zero-order chi connectivity index (χ0) is 13.7. The summed E-state index contributed by atoms with van der Waals surface area (Å²) in [5.74, 6) is 0.297. The molecule has 2 aromatic carbocycles. The summed E-state index contributed by atoms with van der Waals surface area (Å²) < 4.78 is 1.05. The van der Waals surface area contributed by atoms with Crippen LogP contribution in [-0.2, 0) is 17.6 Å². The molecule has 2 aromatic rings. The van der Waals surface area contributed by atoms with E-state index in [2.05, 4.69) is 35.0 Å². The van der Waals surface area contributed by atoms with Gasteiger partial charge in [-0.15, -0.1) is 0 Å². The van der Waals surface area contributed by atoms with Crippen molar-refractivity contribution in [2.24, 2.45) is 0 Å². The summed E-state index contributed by atoms with van der Waals surface area (Å²) in [6, 6.07) is 16.2. The fourth-order valence-corrected chi connectivity index (χ4v) is 2.35. The van der Waals surface area contributed by atoms with Crippen LogP contribution in [0.15, 0.2) is 53.0 Å². The molecule has 0 aliphatic rings. The Kier molecular flexibility index (Phi) is 4.92. The highest BCUT2D eigenvalue weighted by Gasteiger charge is 2.05. The Balaban J connectivity index is 1.88. The molecular weight excluding hydrogens is 300 g/mol. The average Bonchev–Trinajstić information content (AvgIpc) is 2.40. The van der Waals surface area contributed by atoms with Gasteiger partial charge in [0.2, 0.25) is 0 Å². The maximum absolute atomic E-state index is 12.0. The van der Waals surface area contributed by atoms with E-state index in [-0.39, 0.29) is 0 Å². The lowest BCUT2D eigenvalue weighted by Gasteiger charge is -2.05. The highest BCUT2D eigenvalue weighted by molar-refractivity contribution is 9.10. The molecule has 0 aromatic heterocycles. The minimum atomic E-state index is 0.297. The van der Waals surface area contributed by atoms with Crippen molar-refractivity contribution in [1.29, 1.82) is 0 Å². The van der Waals surface area contributed by atoms with Gasteiger partial charge >= 0.3 is 0 Å². The Morgan fingerprint density at radius 1 is 1.05 bits per heavy atom. The zero-order valence-corrected chi connectivity index (χ0v) is 12.6. The largest absolute Gasteiger partial charge is 0.299 e. The number of ketones is 1. The molecule has 1 nitrogen and oxygen atoms in total. The van der Waals surface area contributed by atoms with E-state index in [0.717, 1.165) is 16.5 Å². The van der Waals surface area contributed by atoms with E-state index in [4.69, 9.17) is 0 Å². The predicted octanol–water partition coefficient (Wildman–Crippen LogP) is 4.50. The van der Waals surface area contributed by atoms with E-state index in [1.807, 2.05) is 36.4 Å². The molecule has 0 bridgehead atoms. The predicted molar refractivity (Wildman–Crippen MR) is 82.4 cm³/mol. The third-order valence-corrected chi connectivity index (χ3v) is 3.78. The van der Waals surface area contributed by atoms with Crippen LogP contribution in [0.2, 0.25) is 0 Å². The molecule has 0 saturated heterocycles. The van der Waals surface area contributed by atoms with Crippen molar-refractivity contribution in [1.82, 2.24) is 0 Å². The number of carbonyl (C=O) groups excluding carboxylic acids is 1. The molecule has 0 aliphatic carbocycles. The fourth-order valence-electron chi connectivity index (χ4n) is 2.08. The molecule has 0 spiro atoms. The molecule has 2 rings (SSSR count). The van der Waals surface area contributed by atoms with Crippen molar-refractivity contribution < 1.29 is 4.79 Å². The maximum Gasteiger partial charge on any atom is 0.137 e. The van der Waals surface area contributed by atoms with E-state index in [9.17, 15) is 4.79 Å². The van der Waals surface area contributed by atoms with Crippen molar-refractivity contribution in [3.63, 3.8) is 0 Å². The van der Waals surface area contributed by atoms with Crippen molar-refractivity contribution >= 4 is 21.7 Å². The standard InChI is InChI=1S/C17H17BrO/c1-13-4-2-3-5-15(13)8-11-17(19)12-14-6-9-16(18)10-7-14/h2-7,9-10H,8,11-12H2,1H3. The highest BCUT2D eigenvalue weighted by atomic mass is 79.9. The molecule has 0 fully saturated rings. The number of hydrogen-bond donors (Lipinski definition) is 0. The van der Waals surface area contributed by atoms with Crippen molar-refractivity contribution in [2.75, 3.05) is 0 Å². The van der Waals surface area contributed by atoms with Crippen LogP contribution in [-0.4, -0.2) is 5.78 Å². The lowest BCUT2D eigenvalue weighted by molar-refractivity contribution is -0.118. The molecule has 0 aliphatic heterocycles. The van der Waals surface area contributed by atoms with Crippen LogP contribution in [0.1, 0.15) is 23.1 Å². The minimum absolute atomic E-state index is 0.297. The molecular formula is C17H17BrO. The number of benzene rings is 2. The van der Waals surface area contributed by atoms with Crippen molar-refractivity contribution in [3.05, 3.63) is 69.7 Å². The Morgan fingerprint density at radius 3 is 2.42 bits per heavy atom. The second kappa shape index (κ2) is 6.67. The SMILES string of the molecule is Cc1ccccc1CCC(=O)Cc1ccc(Br)cc1. The summed E-state index contributed by atoms with van der Waals surface area (Å²) in [5.41, 5.74) is 3.61. The molecule has 0 heterocycles. The molecule has 0 N–H and O–H groups in total. The first-order chi connectivity index (χ1) is 9.15. The third kappa shape index (κ3) is 4.32. The Labute approximate surface area is 122 Å². The van der Waals surface area contributed by atoms with Crippen molar-refractivity contribution in [2.45, 2.75) is 26.2 Å². The average molecular weight is 317 g/mol. The van der Waals surface area contributed by atoms with Gasteiger partial charge < -0.3 is 0 Å². The van der Waals surface area contributed by atoms with E-state index in [1.54, 1.807) is 0 Å². The summed E-state index contributed by atoms with van der Waals surface area (Å²) >= 11 is 3.40. The normalized spacial score (nSPS) is 10.4. The van der Waals surface area contributed by atoms with Crippen LogP contribution in [0.3, 0.4) is 0 Å². The Hall–Kier alpha value is -1.41. The maximum atomic E-state index is 12.0. The number of halogens is 1. The summed E-state index contributed by atoms with van der Waals surface area (Å²) in [5, 5.41) is 0. The van der Waals surface area contributed by atoms with Crippen molar-refractivity contribution in [3.8, 4) is 0 Å². The molecule has 19 heavy (non-hydrogen) atoms. The highest BCUT2D eigenvalue weighted by Crippen LogP contribution is 2.13. The Bertz CT molecular complexity index is 558. The molecule has 0 atom stereocenters. The summed E-state index contributed by atoms with van der Waals surface area (Å²) in [6.45, 7) is 2.09. The zero-order valence-electron chi connectivity index (χ0n) is 11.0. The van der Waals surface area contributed by atoms with Crippen LogP contribution in [0.5, 0.6) is 0 Å². The number of aryl methyl sites for hydroxylation is 2. The second-order valence-corrected chi connectivity index (χ2v) is 5.68. The van der Waals surface area contributed by atoms with Crippen LogP contribution in [0, 0.1) is 6.92 Å². The van der Waals surface area contributed by atoms with Crippen LogP contribution < -0.4 is 0 Å². The smallest absolute Gasteiger partial charge is 0.137 e. The van der Waals surface area contributed by atoms with Crippen LogP contribution >= 0.6 is 15.9 Å². The van der Waals surface area contributed by atoms with Crippen LogP contribution in [0.4, 0.5) is 0 Å². The minimum Gasteiger partial charge on any atom is -0.299 e. The van der Waals surface area contributed by atoms with Gasteiger partial charge in [0.1, 0.15) is 5.78 Å². The molecule has 0 radical (unpaired) electrons. The number of carbonyl (C=O) groups is 1. The number of hydrogen-bond acceptors (Lipinski definition) is 1. The topological polar surface area (TPSA) is 17.1 Å². The molecule has 2 heteroatoms. The number of Topliss-reactive ketones (excluding diaryl/α,β-unsaturated/α-hetero) is 1. The van der Waals surface area contributed by atoms with Gasteiger partial charge in [-0.2, -0.15) is 0 Å². The monoisotopic (exact) mass is 316 g/mol. The van der Waals surface area contributed by atoms with Gasteiger partial charge in [-0.1, -0.05) is 52.3 Å². The van der Waals surface area contributed by atoms with Gasteiger partial charge in [-0.25, -0.2) is 0 Å². The Morgan fingerprint density at radius 2 is 1.74 bits per heavy atom. The molecule has 98 valence electrons. The van der Waals surface area contributed by atoms with Gasteiger partial charge in [-0.3, -0.25) is 4.79 Å². The first-order valence-electron chi connectivity index (χ1n) is 6.46.